The van der Waals surface area contributed by atoms with Crippen molar-refractivity contribution in [3.8, 4) is 0 Å². The summed E-state index contributed by atoms with van der Waals surface area (Å²) in [6.45, 7) is 12.6. The molecule has 1 nitrogen and oxygen atoms in total. The molecule has 0 aliphatic heterocycles. The summed E-state index contributed by atoms with van der Waals surface area (Å²) in [4.78, 5) is 0. The first kappa shape index (κ1) is 11.0. The lowest BCUT2D eigenvalue weighted by Gasteiger charge is -2.28. The van der Waals surface area contributed by atoms with Gasteiger partial charge in [0.05, 0.1) is 6.61 Å². The highest BCUT2D eigenvalue weighted by atomic mass is 16.5. The molecule has 1 heteroatoms. The Bertz CT molecular complexity index is 95.0. The highest BCUT2D eigenvalue weighted by Crippen LogP contribution is 2.27. The molecule has 0 saturated heterocycles. The normalized spacial score (nSPS) is 12.5. The Morgan fingerprint density at radius 3 is 2.18 bits per heavy atom. The molecule has 0 bridgehead atoms. The van der Waals surface area contributed by atoms with Gasteiger partial charge in [0.25, 0.3) is 0 Å². The van der Waals surface area contributed by atoms with Crippen LogP contribution < -0.4 is 0 Å². The van der Waals surface area contributed by atoms with Gasteiger partial charge in [-0.15, -0.1) is 0 Å². The van der Waals surface area contributed by atoms with Crippen molar-refractivity contribution in [1.29, 1.82) is 0 Å². The molecule has 0 heterocycles. The molecule has 0 spiro atoms. The van der Waals surface area contributed by atoms with Crippen molar-refractivity contribution in [2.45, 2.75) is 41.0 Å². The zero-order valence-electron chi connectivity index (χ0n) is 8.53. The molecule has 0 aliphatic carbocycles. The van der Waals surface area contributed by atoms with Crippen LogP contribution in [-0.4, -0.2) is 13.2 Å². The first-order chi connectivity index (χ1) is 5.00. The van der Waals surface area contributed by atoms with Crippen molar-refractivity contribution in [1.82, 2.24) is 0 Å². The molecule has 0 atom stereocenters. The fourth-order valence-corrected chi connectivity index (χ4v) is 0.616. The summed E-state index contributed by atoms with van der Waals surface area (Å²) in [5.74, 6) is 1.44. The van der Waals surface area contributed by atoms with Gasteiger partial charge in [-0.05, 0) is 17.8 Å². The summed E-state index contributed by atoms with van der Waals surface area (Å²) in [5, 5.41) is 0. The Balaban J connectivity index is 3.55. The van der Waals surface area contributed by atoms with Gasteiger partial charge in [0, 0.05) is 6.61 Å². The van der Waals surface area contributed by atoms with E-state index in [2.05, 4.69) is 34.6 Å². The van der Waals surface area contributed by atoms with Gasteiger partial charge >= 0.3 is 0 Å². The van der Waals surface area contributed by atoms with Crippen LogP contribution in [0.1, 0.15) is 41.0 Å². The van der Waals surface area contributed by atoms with Crippen molar-refractivity contribution in [2.75, 3.05) is 13.2 Å². The topological polar surface area (TPSA) is 9.23 Å². The van der Waals surface area contributed by atoms with Crippen LogP contribution in [0.25, 0.3) is 0 Å². The largest absolute Gasteiger partial charge is 0.381 e. The molecule has 1 radical (unpaired) electrons. The third kappa shape index (κ3) is 4.41. The van der Waals surface area contributed by atoms with Crippen LogP contribution in [0.5, 0.6) is 0 Å². The van der Waals surface area contributed by atoms with Crippen LogP contribution in [0.15, 0.2) is 0 Å². The van der Waals surface area contributed by atoms with E-state index in [1.165, 1.54) is 5.92 Å². The molecule has 0 rings (SSSR count). The predicted molar refractivity (Wildman–Crippen MR) is 49.5 cm³/mol. The third-order valence-electron chi connectivity index (χ3n) is 2.16. The SMILES string of the molecule is CCCOCC(C)(C)[C](C)C. The van der Waals surface area contributed by atoms with Crippen molar-refractivity contribution in [3.63, 3.8) is 0 Å². The molecule has 0 saturated carbocycles. The quantitative estimate of drug-likeness (QED) is 0.557. The summed E-state index contributed by atoms with van der Waals surface area (Å²) >= 11 is 0. The molecule has 0 aromatic carbocycles. The van der Waals surface area contributed by atoms with E-state index in [1.807, 2.05) is 0 Å². The molecule has 0 aliphatic rings. The number of ether oxygens (including phenoxy) is 1. The Morgan fingerprint density at radius 1 is 1.27 bits per heavy atom. The summed E-state index contributed by atoms with van der Waals surface area (Å²) in [6, 6.07) is 0. The summed E-state index contributed by atoms with van der Waals surface area (Å²) in [7, 11) is 0. The summed E-state index contributed by atoms with van der Waals surface area (Å²) in [5.41, 5.74) is 0.245. The maximum Gasteiger partial charge on any atom is 0.0522 e. The van der Waals surface area contributed by atoms with Gasteiger partial charge in [-0.3, -0.25) is 0 Å². The van der Waals surface area contributed by atoms with E-state index in [9.17, 15) is 0 Å². The minimum Gasteiger partial charge on any atom is -0.381 e. The van der Waals surface area contributed by atoms with Crippen LogP contribution in [0, 0.1) is 11.3 Å². The molecule has 11 heavy (non-hydrogen) atoms. The summed E-state index contributed by atoms with van der Waals surface area (Å²) < 4.78 is 5.49. The van der Waals surface area contributed by atoms with Crippen molar-refractivity contribution < 1.29 is 4.74 Å². The van der Waals surface area contributed by atoms with E-state index >= 15 is 0 Å². The number of hydrogen-bond donors (Lipinski definition) is 0. The van der Waals surface area contributed by atoms with Crippen LogP contribution in [0.4, 0.5) is 0 Å². The van der Waals surface area contributed by atoms with E-state index in [4.69, 9.17) is 4.74 Å². The highest BCUT2D eigenvalue weighted by Gasteiger charge is 2.22. The fourth-order valence-electron chi connectivity index (χ4n) is 0.616. The lowest BCUT2D eigenvalue weighted by Crippen LogP contribution is -2.24. The van der Waals surface area contributed by atoms with E-state index in [-0.39, 0.29) is 5.41 Å². The lowest BCUT2D eigenvalue weighted by atomic mass is 9.82. The number of rotatable bonds is 5. The molecule has 0 unspecified atom stereocenters. The smallest absolute Gasteiger partial charge is 0.0522 e. The van der Waals surface area contributed by atoms with Crippen LogP contribution in [0.2, 0.25) is 0 Å². The van der Waals surface area contributed by atoms with E-state index in [0.717, 1.165) is 19.6 Å². The Kier molecular flexibility index (Phi) is 4.74. The van der Waals surface area contributed by atoms with Gasteiger partial charge in [0.2, 0.25) is 0 Å². The van der Waals surface area contributed by atoms with Gasteiger partial charge < -0.3 is 4.74 Å². The molecule has 0 aromatic heterocycles. The van der Waals surface area contributed by atoms with Gasteiger partial charge in [-0.1, -0.05) is 34.6 Å². The number of hydrogen-bond acceptors (Lipinski definition) is 1. The third-order valence-corrected chi connectivity index (χ3v) is 2.16. The average molecular weight is 157 g/mol. The van der Waals surface area contributed by atoms with Crippen LogP contribution in [-0.2, 0) is 4.74 Å². The summed E-state index contributed by atoms with van der Waals surface area (Å²) in [6.07, 6.45) is 1.11. The Hall–Kier alpha value is -0.0400. The second-order valence-electron chi connectivity index (χ2n) is 3.94. The molecule has 67 valence electrons. The van der Waals surface area contributed by atoms with Gasteiger partial charge in [-0.2, -0.15) is 0 Å². The minimum atomic E-state index is 0.245. The lowest BCUT2D eigenvalue weighted by molar-refractivity contribution is 0.0700. The van der Waals surface area contributed by atoms with Gasteiger partial charge in [0.1, 0.15) is 0 Å². The van der Waals surface area contributed by atoms with Crippen molar-refractivity contribution in [3.05, 3.63) is 5.92 Å². The first-order valence-electron chi connectivity index (χ1n) is 4.39. The first-order valence-corrected chi connectivity index (χ1v) is 4.39. The van der Waals surface area contributed by atoms with Crippen LogP contribution >= 0.6 is 0 Å². The zero-order chi connectivity index (χ0) is 8.91. The molecule has 0 amide bonds. The van der Waals surface area contributed by atoms with E-state index in [1.54, 1.807) is 0 Å². The maximum absolute atomic E-state index is 5.49. The van der Waals surface area contributed by atoms with Gasteiger partial charge in [-0.25, -0.2) is 0 Å². The second-order valence-corrected chi connectivity index (χ2v) is 3.94. The molecule has 0 aromatic rings. The molecular formula is C10H21O. The van der Waals surface area contributed by atoms with E-state index in [0.29, 0.717) is 0 Å². The minimum absolute atomic E-state index is 0.245. The average Bonchev–Trinajstić information content (AvgIpc) is 1.88. The fraction of sp³-hybridized carbons (Fsp3) is 0.900. The molecule has 0 N–H and O–H groups in total. The zero-order valence-corrected chi connectivity index (χ0v) is 8.53. The van der Waals surface area contributed by atoms with Crippen LogP contribution in [0.3, 0.4) is 0 Å². The monoisotopic (exact) mass is 157 g/mol. The second kappa shape index (κ2) is 4.76. The Morgan fingerprint density at radius 2 is 1.82 bits per heavy atom. The Labute approximate surface area is 71.1 Å². The van der Waals surface area contributed by atoms with Crippen molar-refractivity contribution >= 4 is 0 Å². The van der Waals surface area contributed by atoms with Crippen molar-refractivity contribution in [2.24, 2.45) is 5.41 Å². The highest BCUT2D eigenvalue weighted by molar-refractivity contribution is 4.94. The molecule has 0 fully saturated rings. The van der Waals surface area contributed by atoms with Gasteiger partial charge in [0.15, 0.2) is 0 Å². The predicted octanol–water partition coefficient (Wildman–Crippen LogP) is 3.05. The molecular weight excluding hydrogens is 136 g/mol. The maximum atomic E-state index is 5.49. The van der Waals surface area contributed by atoms with E-state index < -0.39 is 0 Å². The standard InChI is InChI=1S/C10H21O/c1-6-7-11-8-10(4,5)9(2)3/h6-8H2,1-5H3.